The zero-order chi connectivity index (χ0) is 13.8. The maximum absolute atomic E-state index is 9.89. The molecule has 18 heavy (non-hydrogen) atoms. The highest BCUT2D eigenvalue weighted by molar-refractivity contribution is 8.02. The van der Waals surface area contributed by atoms with Crippen molar-refractivity contribution >= 4 is 11.8 Å². The van der Waals surface area contributed by atoms with Crippen LogP contribution in [0.2, 0.25) is 0 Å². The third kappa shape index (κ3) is 9.75. The van der Waals surface area contributed by atoms with E-state index in [4.69, 9.17) is 0 Å². The number of aliphatic hydroxyl groups excluding tert-OH is 1. The van der Waals surface area contributed by atoms with Gasteiger partial charge >= 0.3 is 0 Å². The quantitative estimate of drug-likeness (QED) is 0.341. The fourth-order valence-electron chi connectivity index (χ4n) is 1.85. The van der Waals surface area contributed by atoms with E-state index in [1.807, 2.05) is 6.08 Å². The standard InChI is InChI=1S/C15H29NOS/c1-5-7-8-10-18-11-9-16-15(17)12-14(6-2)13(3)4/h5,8,10,13-17H,1,6-7,9,11-12H2,2-4H3/b10-8-. The molecule has 2 nitrogen and oxygen atoms in total. The van der Waals surface area contributed by atoms with Crippen molar-refractivity contribution in [2.24, 2.45) is 11.8 Å². The molecular formula is C15H29NOS. The zero-order valence-corrected chi connectivity index (χ0v) is 12.9. The Morgan fingerprint density at radius 1 is 1.39 bits per heavy atom. The van der Waals surface area contributed by atoms with Crippen LogP contribution < -0.4 is 5.32 Å². The number of nitrogens with one attached hydrogen (secondary N) is 1. The highest BCUT2D eigenvalue weighted by Gasteiger charge is 2.15. The SMILES string of the molecule is C=CC/C=C\SCCNC(O)CC(CC)C(C)C. The first-order valence-corrected chi connectivity index (χ1v) is 7.95. The predicted octanol–water partition coefficient (Wildman–Crippen LogP) is 3.79. The summed E-state index contributed by atoms with van der Waals surface area (Å²) < 4.78 is 0. The van der Waals surface area contributed by atoms with Gasteiger partial charge in [-0.15, -0.1) is 18.3 Å². The van der Waals surface area contributed by atoms with E-state index >= 15 is 0 Å². The molecule has 0 amide bonds. The molecule has 0 rings (SSSR count). The molecule has 0 bridgehead atoms. The second-order valence-electron chi connectivity index (χ2n) is 4.88. The van der Waals surface area contributed by atoms with Gasteiger partial charge in [-0.2, -0.15) is 0 Å². The van der Waals surface area contributed by atoms with Gasteiger partial charge in [0.25, 0.3) is 0 Å². The van der Waals surface area contributed by atoms with Crippen molar-refractivity contribution in [2.75, 3.05) is 12.3 Å². The van der Waals surface area contributed by atoms with Crippen molar-refractivity contribution in [3.8, 4) is 0 Å². The van der Waals surface area contributed by atoms with Crippen LogP contribution in [0.5, 0.6) is 0 Å². The smallest absolute Gasteiger partial charge is 0.105 e. The lowest BCUT2D eigenvalue weighted by Crippen LogP contribution is -2.33. The van der Waals surface area contributed by atoms with Crippen LogP contribution in [0.4, 0.5) is 0 Å². The molecule has 0 aromatic rings. The molecule has 0 aliphatic heterocycles. The average Bonchev–Trinajstić information content (AvgIpc) is 2.34. The molecule has 2 unspecified atom stereocenters. The van der Waals surface area contributed by atoms with E-state index in [-0.39, 0.29) is 6.23 Å². The van der Waals surface area contributed by atoms with Crippen molar-refractivity contribution in [1.82, 2.24) is 5.32 Å². The van der Waals surface area contributed by atoms with Crippen LogP contribution >= 0.6 is 11.8 Å². The molecule has 0 aliphatic rings. The topological polar surface area (TPSA) is 32.3 Å². The molecule has 0 heterocycles. The molecule has 0 aliphatic carbocycles. The second kappa shape index (κ2) is 11.8. The Kier molecular flexibility index (Phi) is 11.7. The Morgan fingerprint density at radius 2 is 2.11 bits per heavy atom. The van der Waals surface area contributed by atoms with Gasteiger partial charge in [0.15, 0.2) is 0 Å². The number of hydrogen-bond acceptors (Lipinski definition) is 3. The lowest BCUT2D eigenvalue weighted by Gasteiger charge is -2.22. The summed E-state index contributed by atoms with van der Waals surface area (Å²) in [4.78, 5) is 0. The van der Waals surface area contributed by atoms with Gasteiger partial charge < -0.3 is 5.11 Å². The van der Waals surface area contributed by atoms with Gasteiger partial charge in [0.1, 0.15) is 6.23 Å². The van der Waals surface area contributed by atoms with Crippen molar-refractivity contribution in [3.63, 3.8) is 0 Å². The van der Waals surface area contributed by atoms with E-state index in [0.29, 0.717) is 11.8 Å². The first kappa shape index (κ1) is 17.8. The summed E-state index contributed by atoms with van der Waals surface area (Å²) in [5.74, 6) is 2.23. The van der Waals surface area contributed by atoms with Crippen molar-refractivity contribution in [1.29, 1.82) is 0 Å². The lowest BCUT2D eigenvalue weighted by atomic mass is 9.89. The number of aliphatic hydroxyl groups is 1. The van der Waals surface area contributed by atoms with E-state index < -0.39 is 0 Å². The molecule has 2 N–H and O–H groups in total. The Bertz CT molecular complexity index is 229. The van der Waals surface area contributed by atoms with E-state index in [1.165, 1.54) is 0 Å². The van der Waals surface area contributed by atoms with Crippen LogP contribution in [-0.2, 0) is 0 Å². The van der Waals surface area contributed by atoms with Crippen LogP contribution in [0.25, 0.3) is 0 Å². The summed E-state index contributed by atoms with van der Waals surface area (Å²) in [5.41, 5.74) is 0. The van der Waals surface area contributed by atoms with Crippen molar-refractivity contribution < 1.29 is 5.11 Å². The number of allylic oxidation sites excluding steroid dienone is 2. The summed E-state index contributed by atoms with van der Waals surface area (Å²) in [6, 6.07) is 0. The van der Waals surface area contributed by atoms with Crippen LogP contribution in [-0.4, -0.2) is 23.6 Å². The Hall–Kier alpha value is -0.250. The predicted molar refractivity (Wildman–Crippen MR) is 83.7 cm³/mol. The van der Waals surface area contributed by atoms with Gasteiger partial charge in [-0.3, -0.25) is 5.32 Å². The van der Waals surface area contributed by atoms with Crippen molar-refractivity contribution in [2.45, 2.75) is 46.3 Å². The molecule has 2 atom stereocenters. The number of thioether (sulfide) groups is 1. The molecule has 0 saturated carbocycles. The minimum atomic E-state index is -0.366. The van der Waals surface area contributed by atoms with E-state index in [9.17, 15) is 5.11 Å². The number of rotatable bonds is 11. The summed E-state index contributed by atoms with van der Waals surface area (Å²) in [6.45, 7) is 11.1. The van der Waals surface area contributed by atoms with Gasteiger partial charge in [-0.25, -0.2) is 0 Å². The van der Waals surface area contributed by atoms with Crippen LogP contribution in [0.3, 0.4) is 0 Å². The van der Waals surface area contributed by atoms with Gasteiger partial charge in [-0.05, 0) is 30.1 Å². The molecule has 0 radical (unpaired) electrons. The highest BCUT2D eigenvalue weighted by atomic mass is 32.2. The maximum atomic E-state index is 9.89. The van der Waals surface area contributed by atoms with E-state index in [2.05, 4.69) is 44.2 Å². The van der Waals surface area contributed by atoms with Crippen LogP contribution in [0.15, 0.2) is 24.1 Å². The monoisotopic (exact) mass is 271 g/mol. The molecule has 0 aromatic carbocycles. The first-order chi connectivity index (χ1) is 8.61. The largest absolute Gasteiger partial charge is 0.379 e. The summed E-state index contributed by atoms with van der Waals surface area (Å²) in [6.07, 6.45) is 6.53. The fourth-order valence-corrected chi connectivity index (χ4v) is 2.47. The fraction of sp³-hybridized carbons (Fsp3) is 0.733. The molecule has 0 spiro atoms. The van der Waals surface area contributed by atoms with Crippen LogP contribution in [0, 0.1) is 11.8 Å². The van der Waals surface area contributed by atoms with Gasteiger partial charge in [0, 0.05) is 12.3 Å². The lowest BCUT2D eigenvalue weighted by molar-refractivity contribution is 0.0982. The molecule has 0 fully saturated rings. The first-order valence-electron chi connectivity index (χ1n) is 6.90. The molecule has 0 saturated heterocycles. The summed E-state index contributed by atoms with van der Waals surface area (Å²) in [7, 11) is 0. The molecular weight excluding hydrogens is 242 g/mol. The summed E-state index contributed by atoms with van der Waals surface area (Å²) in [5, 5.41) is 15.2. The highest BCUT2D eigenvalue weighted by Crippen LogP contribution is 2.19. The van der Waals surface area contributed by atoms with E-state index in [0.717, 1.165) is 31.6 Å². The maximum Gasteiger partial charge on any atom is 0.105 e. The number of hydrogen-bond donors (Lipinski definition) is 2. The Balaban J connectivity index is 3.58. The third-order valence-corrected chi connectivity index (χ3v) is 3.91. The van der Waals surface area contributed by atoms with Gasteiger partial charge in [-0.1, -0.05) is 39.3 Å². The Morgan fingerprint density at radius 3 is 2.67 bits per heavy atom. The Labute approximate surface area is 117 Å². The zero-order valence-electron chi connectivity index (χ0n) is 12.1. The van der Waals surface area contributed by atoms with Gasteiger partial charge in [0.05, 0.1) is 0 Å². The minimum Gasteiger partial charge on any atom is -0.379 e. The molecule has 106 valence electrons. The second-order valence-corrected chi connectivity index (χ2v) is 5.90. The minimum absolute atomic E-state index is 0.366. The molecule has 0 aromatic heterocycles. The normalized spacial score (nSPS) is 15.2. The average molecular weight is 271 g/mol. The third-order valence-electron chi connectivity index (χ3n) is 3.09. The van der Waals surface area contributed by atoms with E-state index in [1.54, 1.807) is 11.8 Å². The summed E-state index contributed by atoms with van der Waals surface area (Å²) >= 11 is 1.76. The van der Waals surface area contributed by atoms with Crippen LogP contribution in [0.1, 0.15) is 40.0 Å². The van der Waals surface area contributed by atoms with Gasteiger partial charge in [0.2, 0.25) is 0 Å². The molecule has 3 heteroatoms. The van der Waals surface area contributed by atoms with Crippen molar-refractivity contribution in [3.05, 3.63) is 24.1 Å².